The molecule has 1 aromatic heterocycles. The number of aliphatic hydroxyl groups is 1. The maximum absolute atomic E-state index is 10.9. The highest BCUT2D eigenvalue weighted by atomic mass is 32.1. The van der Waals surface area contributed by atoms with Crippen LogP contribution in [0.25, 0.3) is 0 Å². The van der Waals surface area contributed by atoms with Crippen molar-refractivity contribution in [2.45, 2.75) is 31.8 Å². The van der Waals surface area contributed by atoms with E-state index in [-0.39, 0.29) is 12.5 Å². The Kier molecular flexibility index (Phi) is 4.15. The van der Waals surface area contributed by atoms with Gasteiger partial charge in [0.2, 0.25) is 5.91 Å². The molecule has 0 spiro atoms. The summed E-state index contributed by atoms with van der Waals surface area (Å²) in [6.45, 7) is 1.01. The van der Waals surface area contributed by atoms with E-state index < -0.39 is 0 Å². The zero-order chi connectivity index (χ0) is 12.3. The molecule has 2 unspecified atom stereocenters. The van der Waals surface area contributed by atoms with E-state index in [1.165, 1.54) is 6.42 Å². The molecule has 0 aliphatic heterocycles. The van der Waals surface area contributed by atoms with Gasteiger partial charge in [0.05, 0.1) is 5.56 Å². The van der Waals surface area contributed by atoms with Gasteiger partial charge in [-0.2, -0.15) is 0 Å². The number of carbonyl (C=O) groups excluding carboxylic acids is 1. The van der Waals surface area contributed by atoms with Crippen LogP contribution in [0.1, 0.15) is 34.5 Å². The van der Waals surface area contributed by atoms with Gasteiger partial charge in [0.1, 0.15) is 0 Å². The van der Waals surface area contributed by atoms with Crippen molar-refractivity contribution in [3.8, 4) is 0 Å². The van der Waals surface area contributed by atoms with Crippen molar-refractivity contribution in [1.29, 1.82) is 0 Å². The third-order valence-corrected chi connectivity index (χ3v) is 4.31. The van der Waals surface area contributed by atoms with Gasteiger partial charge < -0.3 is 16.2 Å². The molecule has 5 heteroatoms. The first-order chi connectivity index (χ1) is 8.20. The number of primary amides is 1. The fraction of sp³-hybridized carbons (Fsp3) is 0.583. The Morgan fingerprint density at radius 3 is 3.06 bits per heavy atom. The summed E-state index contributed by atoms with van der Waals surface area (Å²) in [6, 6.07) is 2.24. The Morgan fingerprint density at radius 2 is 2.41 bits per heavy atom. The van der Waals surface area contributed by atoms with Gasteiger partial charge in [0.25, 0.3) is 0 Å². The number of hydrogen-bond acceptors (Lipinski definition) is 4. The van der Waals surface area contributed by atoms with Crippen LogP contribution in [0.4, 0.5) is 0 Å². The van der Waals surface area contributed by atoms with Crippen molar-refractivity contribution in [1.82, 2.24) is 5.32 Å². The maximum Gasteiger partial charge on any atom is 0.249 e. The first-order valence-corrected chi connectivity index (χ1v) is 6.80. The summed E-state index contributed by atoms with van der Waals surface area (Å²) in [5.41, 5.74) is 5.78. The maximum atomic E-state index is 10.9. The number of nitrogens with one attached hydrogen (secondary N) is 1. The summed E-state index contributed by atoms with van der Waals surface area (Å²) >= 11 is 1.54. The van der Waals surface area contributed by atoms with E-state index in [9.17, 15) is 9.90 Å². The predicted octanol–water partition coefficient (Wildman–Crippen LogP) is 1.10. The summed E-state index contributed by atoms with van der Waals surface area (Å²) < 4.78 is 0. The van der Waals surface area contributed by atoms with Gasteiger partial charge in [-0.15, -0.1) is 11.3 Å². The normalized spacial score (nSPS) is 24.1. The molecular formula is C12H18N2O2S. The smallest absolute Gasteiger partial charge is 0.249 e. The lowest BCUT2D eigenvalue weighted by Crippen LogP contribution is -2.33. The Morgan fingerprint density at radius 1 is 1.59 bits per heavy atom. The van der Waals surface area contributed by atoms with Gasteiger partial charge >= 0.3 is 0 Å². The zero-order valence-electron chi connectivity index (χ0n) is 9.69. The minimum absolute atomic E-state index is 0.259. The highest BCUT2D eigenvalue weighted by Crippen LogP contribution is 2.25. The molecule has 4 nitrogen and oxygen atoms in total. The number of carbonyl (C=O) groups is 1. The van der Waals surface area contributed by atoms with Crippen LogP contribution in [0.15, 0.2) is 11.4 Å². The van der Waals surface area contributed by atoms with E-state index in [0.717, 1.165) is 24.3 Å². The SMILES string of the molecule is NC(=O)c1csc(CNC2CCCC2CO)c1. The summed E-state index contributed by atoms with van der Waals surface area (Å²) in [6.07, 6.45) is 3.41. The van der Waals surface area contributed by atoms with Gasteiger partial charge in [0, 0.05) is 29.5 Å². The highest BCUT2D eigenvalue weighted by molar-refractivity contribution is 7.10. The molecule has 1 amide bonds. The van der Waals surface area contributed by atoms with Crippen LogP contribution in [0.5, 0.6) is 0 Å². The standard InChI is InChI=1S/C12H18N2O2S/c13-12(16)9-4-10(17-7-9)5-14-11-3-1-2-8(11)6-15/h4,7-8,11,14-15H,1-3,5-6H2,(H2,13,16). The van der Waals surface area contributed by atoms with Crippen LogP contribution in [0.3, 0.4) is 0 Å². The molecule has 1 saturated carbocycles. The third-order valence-electron chi connectivity index (χ3n) is 3.37. The van der Waals surface area contributed by atoms with Crippen molar-refractivity contribution in [3.63, 3.8) is 0 Å². The molecule has 4 N–H and O–H groups in total. The minimum atomic E-state index is -0.374. The molecule has 2 atom stereocenters. The Hall–Kier alpha value is -0.910. The van der Waals surface area contributed by atoms with Crippen molar-refractivity contribution in [2.24, 2.45) is 11.7 Å². The lowest BCUT2D eigenvalue weighted by atomic mass is 10.1. The lowest BCUT2D eigenvalue weighted by molar-refractivity contribution is 0.100. The van der Waals surface area contributed by atoms with Crippen molar-refractivity contribution >= 4 is 17.2 Å². The van der Waals surface area contributed by atoms with Crippen LogP contribution in [-0.4, -0.2) is 23.7 Å². The summed E-state index contributed by atoms with van der Waals surface area (Å²) in [7, 11) is 0. The molecule has 94 valence electrons. The monoisotopic (exact) mass is 254 g/mol. The van der Waals surface area contributed by atoms with Crippen LogP contribution in [0.2, 0.25) is 0 Å². The van der Waals surface area contributed by atoms with E-state index >= 15 is 0 Å². The largest absolute Gasteiger partial charge is 0.396 e. The molecule has 1 aliphatic rings. The second kappa shape index (κ2) is 5.62. The number of aliphatic hydroxyl groups excluding tert-OH is 1. The van der Waals surface area contributed by atoms with Crippen LogP contribution < -0.4 is 11.1 Å². The molecule has 2 rings (SSSR count). The number of rotatable bonds is 5. The fourth-order valence-electron chi connectivity index (χ4n) is 2.36. The first kappa shape index (κ1) is 12.5. The topological polar surface area (TPSA) is 75.4 Å². The molecule has 0 radical (unpaired) electrons. The van der Waals surface area contributed by atoms with Crippen LogP contribution >= 0.6 is 11.3 Å². The van der Waals surface area contributed by atoms with Gasteiger partial charge in [-0.05, 0) is 24.8 Å². The molecule has 1 aliphatic carbocycles. The van der Waals surface area contributed by atoms with E-state index in [1.54, 1.807) is 16.7 Å². The molecule has 0 saturated heterocycles. The van der Waals surface area contributed by atoms with Gasteiger partial charge in [-0.1, -0.05) is 6.42 Å². The first-order valence-electron chi connectivity index (χ1n) is 5.92. The molecule has 0 bridgehead atoms. The van der Waals surface area contributed by atoms with E-state index in [1.807, 2.05) is 6.07 Å². The number of amides is 1. The summed E-state index contributed by atoms with van der Waals surface area (Å²) in [5.74, 6) is 0.00664. The third kappa shape index (κ3) is 3.06. The van der Waals surface area contributed by atoms with Gasteiger partial charge in [-0.25, -0.2) is 0 Å². The van der Waals surface area contributed by atoms with Gasteiger partial charge in [-0.3, -0.25) is 4.79 Å². The molecular weight excluding hydrogens is 236 g/mol. The summed E-state index contributed by atoms with van der Waals surface area (Å²) in [4.78, 5) is 12.1. The van der Waals surface area contributed by atoms with Gasteiger partial charge in [0.15, 0.2) is 0 Å². The quantitative estimate of drug-likeness (QED) is 0.736. The zero-order valence-corrected chi connectivity index (χ0v) is 10.5. The second-order valence-corrected chi connectivity index (χ2v) is 5.52. The Labute approximate surface area is 105 Å². The molecule has 1 fully saturated rings. The number of thiophene rings is 1. The summed E-state index contributed by atoms with van der Waals surface area (Å²) in [5, 5.41) is 14.5. The fourth-order valence-corrected chi connectivity index (χ4v) is 3.18. The van der Waals surface area contributed by atoms with Crippen LogP contribution in [-0.2, 0) is 6.54 Å². The van der Waals surface area contributed by atoms with E-state index in [0.29, 0.717) is 17.5 Å². The number of hydrogen-bond donors (Lipinski definition) is 3. The molecule has 17 heavy (non-hydrogen) atoms. The van der Waals surface area contributed by atoms with E-state index in [2.05, 4.69) is 5.32 Å². The number of nitrogens with two attached hydrogens (primary N) is 1. The van der Waals surface area contributed by atoms with Crippen LogP contribution in [0, 0.1) is 5.92 Å². The molecule has 1 heterocycles. The van der Waals surface area contributed by atoms with Crippen molar-refractivity contribution in [2.75, 3.05) is 6.61 Å². The average molecular weight is 254 g/mol. The predicted molar refractivity (Wildman–Crippen MR) is 67.9 cm³/mol. The second-order valence-electron chi connectivity index (χ2n) is 4.53. The molecule has 0 aromatic carbocycles. The minimum Gasteiger partial charge on any atom is -0.396 e. The van der Waals surface area contributed by atoms with E-state index in [4.69, 9.17) is 5.73 Å². The average Bonchev–Trinajstić information content (AvgIpc) is 2.95. The molecule has 1 aromatic rings. The lowest BCUT2D eigenvalue weighted by Gasteiger charge is -2.18. The van der Waals surface area contributed by atoms with Crippen molar-refractivity contribution in [3.05, 3.63) is 21.9 Å². The Bertz CT molecular complexity index is 392. The van der Waals surface area contributed by atoms with Crippen molar-refractivity contribution < 1.29 is 9.90 Å². The highest BCUT2D eigenvalue weighted by Gasteiger charge is 2.25. The Balaban J connectivity index is 1.86.